The molecule has 0 aliphatic heterocycles. The van der Waals surface area contributed by atoms with Gasteiger partial charge in [0.25, 0.3) is 11.8 Å². The summed E-state index contributed by atoms with van der Waals surface area (Å²) in [6.07, 6.45) is 0. The number of amides is 2. The molecule has 0 atom stereocenters. The van der Waals surface area contributed by atoms with Gasteiger partial charge in [0.05, 0.1) is 10.7 Å². The number of nitrogens with one attached hydrogen (secondary N) is 2. The molecule has 2 amide bonds. The first kappa shape index (κ1) is 16.0. The Morgan fingerprint density at radius 3 is 2.00 bits per heavy atom. The zero-order valence-electron chi connectivity index (χ0n) is 12.4. The molecule has 0 fully saturated rings. The molecule has 22 heavy (non-hydrogen) atoms. The van der Waals surface area contributed by atoms with Crippen LogP contribution in [0.1, 0.15) is 34.6 Å². The Hall–Kier alpha value is -2.33. The summed E-state index contributed by atoms with van der Waals surface area (Å²) in [6, 6.07) is 13.6. The van der Waals surface area contributed by atoms with Gasteiger partial charge in [-0.1, -0.05) is 23.7 Å². The molecule has 0 heterocycles. The third-order valence-electron chi connectivity index (χ3n) is 2.95. The highest BCUT2D eigenvalue weighted by Gasteiger charge is 2.10. The Balaban J connectivity index is 2.08. The van der Waals surface area contributed by atoms with E-state index in [1.54, 1.807) is 48.5 Å². The van der Waals surface area contributed by atoms with E-state index in [0.717, 1.165) is 0 Å². The van der Waals surface area contributed by atoms with Crippen LogP contribution in [0, 0.1) is 0 Å². The monoisotopic (exact) mass is 316 g/mol. The minimum atomic E-state index is -0.274. The summed E-state index contributed by atoms with van der Waals surface area (Å²) in [6.45, 7) is 3.78. The molecule has 0 aliphatic rings. The number of halogens is 1. The number of hydrogen-bond acceptors (Lipinski definition) is 2. The van der Waals surface area contributed by atoms with Crippen LogP contribution in [0.5, 0.6) is 0 Å². The van der Waals surface area contributed by atoms with Crippen molar-refractivity contribution >= 4 is 29.1 Å². The van der Waals surface area contributed by atoms with Crippen molar-refractivity contribution in [3.05, 3.63) is 64.7 Å². The fourth-order valence-corrected chi connectivity index (χ4v) is 2.06. The van der Waals surface area contributed by atoms with Crippen molar-refractivity contribution in [1.29, 1.82) is 0 Å². The Morgan fingerprint density at radius 2 is 1.45 bits per heavy atom. The van der Waals surface area contributed by atoms with Crippen LogP contribution in [0.2, 0.25) is 5.02 Å². The number of benzene rings is 2. The van der Waals surface area contributed by atoms with Crippen molar-refractivity contribution in [1.82, 2.24) is 5.32 Å². The second-order valence-corrected chi connectivity index (χ2v) is 5.55. The second-order valence-electron chi connectivity index (χ2n) is 5.14. The maximum atomic E-state index is 12.2. The number of rotatable bonds is 4. The summed E-state index contributed by atoms with van der Waals surface area (Å²) < 4.78 is 0. The highest BCUT2D eigenvalue weighted by molar-refractivity contribution is 6.33. The molecule has 5 heteroatoms. The molecule has 2 N–H and O–H groups in total. The lowest BCUT2D eigenvalue weighted by molar-refractivity contribution is 0.0941. The quantitative estimate of drug-likeness (QED) is 0.903. The van der Waals surface area contributed by atoms with Crippen molar-refractivity contribution in [2.75, 3.05) is 5.32 Å². The summed E-state index contributed by atoms with van der Waals surface area (Å²) in [7, 11) is 0. The van der Waals surface area contributed by atoms with Crippen molar-refractivity contribution in [2.45, 2.75) is 19.9 Å². The topological polar surface area (TPSA) is 58.2 Å². The van der Waals surface area contributed by atoms with Crippen LogP contribution in [0.3, 0.4) is 0 Å². The Kier molecular flexibility index (Phi) is 5.17. The summed E-state index contributed by atoms with van der Waals surface area (Å²) in [5.74, 6) is -0.433. The lowest BCUT2D eigenvalue weighted by Gasteiger charge is -2.09. The van der Waals surface area contributed by atoms with Gasteiger partial charge in [-0.05, 0) is 50.2 Å². The molecule has 4 nitrogen and oxygen atoms in total. The SMILES string of the molecule is CC(C)NC(=O)c1ccc(C(=O)Nc2ccccc2Cl)cc1. The molecule has 0 aromatic heterocycles. The van der Waals surface area contributed by atoms with E-state index in [-0.39, 0.29) is 17.9 Å². The molecule has 0 radical (unpaired) electrons. The van der Waals surface area contributed by atoms with Crippen LogP contribution in [-0.2, 0) is 0 Å². The van der Waals surface area contributed by atoms with Crippen LogP contribution in [0.4, 0.5) is 5.69 Å². The predicted molar refractivity (Wildman–Crippen MR) is 88.4 cm³/mol. The molecule has 0 bridgehead atoms. The standard InChI is InChI=1S/C17H17ClN2O2/c1-11(2)19-16(21)12-7-9-13(10-8-12)17(22)20-15-6-4-3-5-14(15)18/h3-11H,1-2H3,(H,19,21)(H,20,22). The number of carbonyl (C=O) groups excluding carboxylic acids is 2. The fraction of sp³-hybridized carbons (Fsp3) is 0.176. The summed E-state index contributed by atoms with van der Waals surface area (Å²) in [4.78, 5) is 24.0. The third-order valence-corrected chi connectivity index (χ3v) is 3.28. The van der Waals surface area contributed by atoms with Crippen LogP contribution in [0.25, 0.3) is 0 Å². The molecule has 0 saturated carbocycles. The minimum absolute atomic E-state index is 0.0655. The summed E-state index contributed by atoms with van der Waals surface area (Å²) in [5, 5.41) is 6.01. The highest BCUT2D eigenvalue weighted by Crippen LogP contribution is 2.21. The average Bonchev–Trinajstić information content (AvgIpc) is 2.49. The largest absolute Gasteiger partial charge is 0.350 e. The molecular formula is C17H17ClN2O2. The molecule has 2 aromatic rings. The highest BCUT2D eigenvalue weighted by atomic mass is 35.5. The van der Waals surface area contributed by atoms with E-state index in [1.165, 1.54) is 0 Å². The van der Waals surface area contributed by atoms with Gasteiger partial charge in [0.2, 0.25) is 0 Å². The van der Waals surface area contributed by atoms with E-state index in [1.807, 2.05) is 13.8 Å². The number of para-hydroxylation sites is 1. The molecule has 0 aliphatic carbocycles. The molecule has 2 rings (SSSR count). The Bertz CT molecular complexity index is 681. The van der Waals surface area contributed by atoms with Crippen molar-refractivity contribution in [2.24, 2.45) is 0 Å². The van der Waals surface area contributed by atoms with Crippen molar-refractivity contribution < 1.29 is 9.59 Å². The smallest absolute Gasteiger partial charge is 0.255 e. The van der Waals surface area contributed by atoms with Gasteiger partial charge in [0.15, 0.2) is 0 Å². The zero-order chi connectivity index (χ0) is 16.1. The van der Waals surface area contributed by atoms with E-state index >= 15 is 0 Å². The van der Waals surface area contributed by atoms with Gasteiger partial charge >= 0.3 is 0 Å². The zero-order valence-corrected chi connectivity index (χ0v) is 13.1. The van der Waals surface area contributed by atoms with Crippen LogP contribution in [-0.4, -0.2) is 17.9 Å². The third kappa shape index (κ3) is 4.09. The summed E-state index contributed by atoms with van der Waals surface area (Å²) >= 11 is 6.00. The van der Waals surface area contributed by atoms with Crippen molar-refractivity contribution in [3.8, 4) is 0 Å². The first-order valence-corrected chi connectivity index (χ1v) is 7.32. The van der Waals surface area contributed by atoms with E-state index < -0.39 is 0 Å². The molecule has 0 saturated heterocycles. The van der Waals surface area contributed by atoms with Crippen LogP contribution in [0.15, 0.2) is 48.5 Å². The number of carbonyl (C=O) groups is 2. The van der Waals surface area contributed by atoms with Gasteiger partial charge in [0.1, 0.15) is 0 Å². The average molecular weight is 317 g/mol. The van der Waals surface area contributed by atoms with Gasteiger partial charge < -0.3 is 10.6 Å². The fourth-order valence-electron chi connectivity index (χ4n) is 1.88. The van der Waals surface area contributed by atoms with E-state index in [9.17, 15) is 9.59 Å². The second kappa shape index (κ2) is 7.09. The minimum Gasteiger partial charge on any atom is -0.350 e. The Labute approximate surface area is 134 Å². The van der Waals surface area contributed by atoms with Crippen LogP contribution < -0.4 is 10.6 Å². The number of hydrogen-bond donors (Lipinski definition) is 2. The molecule has 0 spiro atoms. The molecular weight excluding hydrogens is 300 g/mol. The van der Waals surface area contributed by atoms with E-state index in [4.69, 9.17) is 11.6 Å². The van der Waals surface area contributed by atoms with E-state index in [2.05, 4.69) is 10.6 Å². The normalized spacial score (nSPS) is 10.4. The van der Waals surface area contributed by atoms with Gasteiger partial charge in [-0.25, -0.2) is 0 Å². The van der Waals surface area contributed by atoms with Gasteiger partial charge in [0, 0.05) is 17.2 Å². The van der Waals surface area contributed by atoms with Gasteiger partial charge in [-0.3, -0.25) is 9.59 Å². The molecule has 2 aromatic carbocycles. The predicted octanol–water partition coefficient (Wildman–Crippen LogP) is 3.73. The molecule has 114 valence electrons. The Morgan fingerprint density at radius 1 is 0.909 bits per heavy atom. The van der Waals surface area contributed by atoms with Gasteiger partial charge in [-0.2, -0.15) is 0 Å². The van der Waals surface area contributed by atoms with Gasteiger partial charge in [-0.15, -0.1) is 0 Å². The lowest BCUT2D eigenvalue weighted by atomic mass is 10.1. The lowest BCUT2D eigenvalue weighted by Crippen LogP contribution is -2.30. The van der Waals surface area contributed by atoms with E-state index in [0.29, 0.717) is 21.8 Å². The number of anilines is 1. The van der Waals surface area contributed by atoms with Crippen LogP contribution >= 0.6 is 11.6 Å². The maximum absolute atomic E-state index is 12.2. The molecule has 0 unspecified atom stereocenters. The first-order valence-electron chi connectivity index (χ1n) is 6.94. The first-order chi connectivity index (χ1) is 10.5. The van der Waals surface area contributed by atoms with Crippen molar-refractivity contribution in [3.63, 3.8) is 0 Å². The maximum Gasteiger partial charge on any atom is 0.255 e. The summed E-state index contributed by atoms with van der Waals surface area (Å²) in [5.41, 5.74) is 1.53.